The van der Waals surface area contributed by atoms with Gasteiger partial charge in [0.25, 0.3) is 0 Å². The van der Waals surface area contributed by atoms with Crippen LogP contribution < -0.4 is 21.3 Å². The minimum absolute atomic E-state index is 0.0114. The predicted molar refractivity (Wildman–Crippen MR) is 157 cm³/mol. The Hall–Kier alpha value is -4.41. The van der Waals surface area contributed by atoms with Gasteiger partial charge < -0.3 is 31.5 Å². The first-order chi connectivity index (χ1) is 20.0. The molecule has 0 aliphatic rings. The number of phenolic OH excluding ortho intramolecular Hbond substituents is 1. The fourth-order valence-corrected chi connectivity index (χ4v) is 4.43. The molecule has 4 amide bonds. The lowest BCUT2D eigenvalue weighted by Gasteiger charge is -2.26. The van der Waals surface area contributed by atoms with Crippen LogP contribution in [0.3, 0.4) is 0 Å². The normalized spacial score (nSPS) is 13.7. The zero-order valence-corrected chi connectivity index (χ0v) is 24.3. The van der Waals surface area contributed by atoms with E-state index in [1.807, 2.05) is 26.8 Å². The van der Waals surface area contributed by atoms with E-state index in [4.69, 9.17) is 0 Å². The van der Waals surface area contributed by atoms with Gasteiger partial charge in [-0.3, -0.25) is 19.2 Å². The van der Waals surface area contributed by atoms with Crippen LogP contribution in [0.5, 0.6) is 5.75 Å². The van der Waals surface area contributed by atoms with Crippen LogP contribution in [-0.2, 0) is 36.8 Å². The molecule has 42 heavy (non-hydrogen) atoms. The highest BCUT2D eigenvalue weighted by Gasteiger charge is 2.31. The Morgan fingerprint density at radius 1 is 0.762 bits per heavy atom. The maximum absolute atomic E-state index is 13.5. The molecule has 0 aliphatic heterocycles. The summed E-state index contributed by atoms with van der Waals surface area (Å²) >= 11 is 0. The molecule has 11 heteroatoms. The van der Waals surface area contributed by atoms with E-state index < -0.39 is 47.9 Å². The summed E-state index contributed by atoms with van der Waals surface area (Å²) in [6.45, 7) is 5.74. The number of aromatic hydroxyl groups is 1. The number of unbranched alkanes of at least 4 members (excludes halogenated alkanes) is 1. The maximum Gasteiger partial charge on any atom is 0.326 e. The summed E-state index contributed by atoms with van der Waals surface area (Å²) in [5.74, 6) is -3.01. The number of carboxylic acid groups (broad SMARTS) is 1. The third-order valence-corrected chi connectivity index (χ3v) is 6.68. The smallest absolute Gasteiger partial charge is 0.326 e. The number of carbonyl (C=O) groups is 5. The van der Waals surface area contributed by atoms with Crippen molar-refractivity contribution in [3.63, 3.8) is 0 Å². The van der Waals surface area contributed by atoms with E-state index in [1.165, 1.54) is 12.1 Å². The SMILES string of the molecule is CCCC[C@H](NC=O)C(=O)N[C@@H](CC(C)C)C(=O)N[C@@H](Cc1ccccc1)C(=O)N[C@@H](Cc1ccc(O)cc1)C(=O)O. The Morgan fingerprint density at radius 2 is 1.29 bits per heavy atom. The molecule has 6 N–H and O–H groups in total. The fraction of sp³-hybridized carbons (Fsp3) is 0.452. The highest BCUT2D eigenvalue weighted by atomic mass is 16.4. The average Bonchev–Trinajstić information content (AvgIpc) is 2.95. The second-order valence-electron chi connectivity index (χ2n) is 10.7. The number of rotatable bonds is 18. The van der Waals surface area contributed by atoms with Gasteiger partial charge in [-0.1, -0.05) is 76.1 Å². The Bertz CT molecular complexity index is 1170. The molecule has 0 saturated heterocycles. The van der Waals surface area contributed by atoms with Crippen molar-refractivity contribution in [1.29, 1.82) is 0 Å². The molecule has 11 nitrogen and oxygen atoms in total. The van der Waals surface area contributed by atoms with Crippen LogP contribution in [0.25, 0.3) is 0 Å². The molecule has 0 spiro atoms. The van der Waals surface area contributed by atoms with Gasteiger partial charge in [-0.25, -0.2) is 4.79 Å². The van der Waals surface area contributed by atoms with E-state index in [9.17, 15) is 34.2 Å². The third-order valence-electron chi connectivity index (χ3n) is 6.68. The van der Waals surface area contributed by atoms with Crippen molar-refractivity contribution in [2.24, 2.45) is 5.92 Å². The Kier molecular flexibility index (Phi) is 14.0. The summed E-state index contributed by atoms with van der Waals surface area (Å²) in [4.78, 5) is 63.1. The summed E-state index contributed by atoms with van der Waals surface area (Å²) < 4.78 is 0. The Balaban J connectivity index is 2.26. The molecular formula is C31H42N4O7. The summed E-state index contributed by atoms with van der Waals surface area (Å²) in [6.07, 6.45) is 2.70. The molecule has 2 aromatic rings. The van der Waals surface area contributed by atoms with Gasteiger partial charge in [-0.15, -0.1) is 0 Å². The zero-order valence-electron chi connectivity index (χ0n) is 24.3. The van der Waals surface area contributed by atoms with Gasteiger partial charge in [0.1, 0.15) is 29.9 Å². The second-order valence-corrected chi connectivity index (χ2v) is 10.7. The minimum Gasteiger partial charge on any atom is -0.508 e. The van der Waals surface area contributed by atoms with Crippen molar-refractivity contribution < 1.29 is 34.2 Å². The molecule has 0 radical (unpaired) electrons. The molecular weight excluding hydrogens is 540 g/mol. The van der Waals surface area contributed by atoms with Gasteiger partial charge in [-0.2, -0.15) is 0 Å². The van der Waals surface area contributed by atoms with Crippen LogP contribution in [0.4, 0.5) is 0 Å². The highest BCUT2D eigenvalue weighted by Crippen LogP contribution is 2.13. The first-order valence-electron chi connectivity index (χ1n) is 14.2. The lowest BCUT2D eigenvalue weighted by atomic mass is 9.99. The summed E-state index contributed by atoms with van der Waals surface area (Å²) in [5, 5.41) is 29.8. The number of phenols is 1. The van der Waals surface area contributed by atoms with E-state index in [0.29, 0.717) is 24.8 Å². The van der Waals surface area contributed by atoms with Crippen LogP contribution in [0.1, 0.15) is 57.6 Å². The van der Waals surface area contributed by atoms with Gasteiger partial charge in [-0.05, 0) is 42.0 Å². The van der Waals surface area contributed by atoms with Crippen molar-refractivity contribution in [3.8, 4) is 5.75 Å². The number of benzene rings is 2. The van der Waals surface area contributed by atoms with Gasteiger partial charge in [0.05, 0.1) is 0 Å². The molecule has 2 aromatic carbocycles. The summed E-state index contributed by atoms with van der Waals surface area (Å²) in [5.41, 5.74) is 1.33. The largest absolute Gasteiger partial charge is 0.508 e. The molecule has 0 bridgehead atoms. The van der Waals surface area contributed by atoms with Crippen molar-refractivity contribution in [2.75, 3.05) is 0 Å². The number of aliphatic carboxylic acids is 1. The van der Waals surface area contributed by atoms with E-state index in [-0.39, 0.29) is 30.9 Å². The average molecular weight is 583 g/mol. The van der Waals surface area contributed by atoms with Crippen LogP contribution in [-0.4, -0.2) is 64.5 Å². The topological polar surface area (TPSA) is 174 Å². The molecule has 2 rings (SSSR count). The van der Waals surface area contributed by atoms with Crippen molar-refractivity contribution in [3.05, 3.63) is 65.7 Å². The minimum atomic E-state index is -1.29. The predicted octanol–water partition coefficient (Wildman–Crippen LogP) is 2.07. The number of hydrogen-bond donors (Lipinski definition) is 6. The third kappa shape index (κ3) is 11.6. The standard InChI is InChI=1S/C31H42N4O7/c1-4-5-11-24(32-19-36)28(38)33-25(16-20(2)3)29(39)34-26(17-21-9-7-6-8-10-21)30(40)35-27(31(41)42)18-22-12-14-23(37)15-13-22/h6-10,12-15,19-20,24-27,37H,4-5,11,16-18H2,1-3H3,(H,32,36)(H,33,38)(H,34,39)(H,35,40)(H,41,42)/t24-,25-,26-,27-/m0/s1. The molecule has 0 aromatic heterocycles. The monoisotopic (exact) mass is 582 g/mol. The first kappa shape index (κ1) is 33.8. The molecule has 4 atom stereocenters. The van der Waals surface area contributed by atoms with E-state index >= 15 is 0 Å². The number of amides is 4. The van der Waals surface area contributed by atoms with Gasteiger partial charge in [0.2, 0.25) is 24.1 Å². The number of carboxylic acids is 1. The van der Waals surface area contributed by atoms with E-state index in [2.05, 4.69) is 21.3 Å². The second kappa shape index (κ2) is 17.4. The van der Waals surface area contributed by atoms with Gasteiger partial charge in [0, 0.05) is 12.8 Å². The fourth-order valence-electron chi connectivity index (χ4n) is 4.43. The van der Waals surface area contributed by atoms with Crippen LogP contribution in [0.2, 0.25) is 0 Å². The van der Waals surface area contributed by atoms with Crippen LogP contribution >= 0.6 is 0 Å². The quantitative estimate of drug-likeness (QED) is 0.146. The maximum atomic E-state index is 13.5. The Labute approximate surface area is 246 Å². The lowest BCUT2D eigenvalue weighted by molar-refractivity contribution is -0.142. The van der Waals surface area contributed by atoms with Crippen molar-refractivity contribution in [2.45, 2.75) is 83.5 Å². The molecule has 0 unspecified atom stereocenters. The summed E-state index contributed by atoms with van der Waals surface area (Å²) in [6, 6.07) is 10.7. The molecule has 0 fully saturated rings. The number of hydrogen-bond acceptors (Lipinski definition) is 6. The van der Waals surface area contributed by atoms with E-state index in [0.717, 1.165) is 12.0 Å². The first-order valence-corrected chi connectivity index (χ1v) is 14.2. The molecule has 0 heterocycles. The molecule has 228 valence electrons. The molecule has 0 saturated carbocycles. The number of carbonyl (C=O) groups excluding carboxylic acids is 4. The van der Waals surface area contributed by atoms with Crippen molar-refractivity contribution in [1.82, 2.24) is 21.3 Å². The Morgan fingerprint density at radius 3 is 1.86 bits per heavy atom. The number of nitrogens with one attached hydrogen (secondary N) is 4. The van der Waals surface area contributed by atoms with Gasteiger partial charge in [0.15, 0.2) is 0 Å². The van der Waals surface area contributed by atoms with E-state index in [1.54, 1.807) is 36.4 Å². The van der Waals surface area contributed by atoms with Gasteiger partial charge >= 0.3 is 5.97 Å². The zero-order chi connectivity index (χ0) is 31.1. The van der Waals surface area contributed by atoms with Crippen molar-refractivity contribution >= 4 is 30.1 Å². The van der Waals surface area contributed by atoms with Crippen LogP contribution in [0, 0.1) is 5.92 Å². The highest BCUT2D eigenvalue weighted by molar-refractivity contribution is 5.94. The van der Waals surface area contributed by atoms with Crippen LogP contribution in [0.15, 0.2) is 54.6 Å². The lowest BCUT2D eigenvalue weighted by Crippen LogP contribution is -2.58. The summed E-state index contributed by atoms with van der Waals surface area (Å²) in [7, 11) is 0. The molecule has 0 aliphatic carbocycles.